The lowest BCUT2D eigenvalue weighted by molar-refractivity contribution is -0.115. The molecule has 3 aromatic rings. The topological polar surface area (TPSA) is 95.1 Å². The molecule has 0 bridgehead atoms. The zero-order chi connectivity index (χ0) is 21.0. The number of nitrogen functional groups attached to an aromatic ring is 1. The van der Waals surface area contributed by atoms with Gasteiger partial charge in [0.2, 0.25) is 11.1 Å². The molecule has 0 aliphatic heterocycles. The number of anilines is 1. The molecule has 1 aromatic heterocycles. The van der Waals surface area contributed by atoms with Gasteiger partial charge >= 0.3 is 0 Å². The third kappa shape index (κ3) is 5.53. The first-order valence-corrected chi connectivity index (χ1v) is 9.97. The van der Waals surface area contributed by atoms with Crippen molar-refractivity contribution in [2.75, 3.05) is 11.2 Å². The molecule has 1 heterocycles. The second-order valence-electron chi connectivity index (χ2n) is 5.88. The van der Waals surface area contributed by atoms with Gasteiger partial charge in [-0.1, -0.05) is 35.0 Å². The van der Waals surface area contributed by atoms with E-state index in [1.54, 1.807) is 25.1 Å². The minimum atomic E-state index is -0.539. The van der Waals surface area contributed by atoms with E-state index in [0.29, 0.717) is 32.5 Å². The standard InChI is InChI=1S/C18H16Cl2FN5O2S/c1-10(17(27)23-15-8-11(19)2-7-14(15)20)29-18-25-24-16(26(18)22)9-28-13-5-3-12(21)4-6-13/h2-8,10H,9,22H2,1H3,(H,23,27). The Labute approximate surface area is 180 Å². The maximum Gasteiger partial charge on any atom is 0.237 e. The highest BCUT2D eigenvalue weighted by atomic mass is 35.5. The minimum absolute atomic E-state index is 0.0361. The Morgan fingerprint density at radius 2 is 2.00 bits per heavy atom. The number of thioether (sulfide) groups is 1. The number of ether oxygens (including phenoxy) is 1. The van der Waals surface area contributed by atoms with Crippen LogP contribution in [0.3, 0.4) is 0 Å². The summed E-state index contributed by atoms with van der Waals surface area (Å²) < 4.78 is 19.7. The van der Waals surface area contributed by atoms with E-state index in [0.717, 1.165) is 11.8 Å². The average molecular weight is 456 g/mol. The monoisotopic (exact) mass is 455 g/mol. The van der Waals surface area contributed by atoms with Gasteiger partial charge in [0.15, 0.2) is 5.82 Å². The summed E-state index contributed by atoms with van der Waals surface area (Å²) in [4.78, 5) is 12.4. The highest BCUT2D eigenvalue weighted by Crippen LogP contribution is 2.27. The number of nitrogens with one attached hydrogen (secondary N) is 1. The van der Waals surface area contributed by atoms with Crippen LogP contribution in [-0.2, 0) is 11.4 Å². The molecule has 11 heteroatoms. The van der Waals surface area contributed by atoms with E-state index in [2.05, 4.69) is 15.5 Å². The smallest absolute Gasteiger partial charge is 0.237 e. The zero-order valence-electron chi connectivity index (χ0n) is 15.1. The van der Waals surface area contributed by atoms with E-state index in [9.17, 15) is 9.18 Å². The number of rotatable bonds is 7. The van der Waals surface area contributed by atoms with Crippen LogP contribution >= 0.6 is 35.0 Å². The van der Waals surface area contributed by atoms with Gasteiger partial charge in [-0.05, 0) is 49.4 Å². The number of hydrogen-bond donors (Lipinski definition) is 2. The summed E-state index contributed by atoms with van der Waals surface area (Å²) in [6.07, 6.45) is 0. The molecule has 29 heavy (non-hydrogen) atoms. The summed E-state index contributed by atoms with van der Waals surface area (Å²) in [7, 11) is 0. The van der Waals surface area contributed by atoms with E-state index in [1.165, 1.54) is 28.9 Å². The Hall–Kier alpha value is -2.49. The van der Waals surface area contributed by atoms with Gasteiger partial charge in [0, 0.05) is 5.02 Å². The normalized spacial score (nSPS) is 11.9. The van der Waals surface area contributed by atoms with Crippen LogP contribution in [0, 0.1) is 5.82 Å². The van der Waals surface area contributed by atoms with E-state index >= 15 is 0 Å². The van der Waals surface area contributed by atoms with Crippen LogP contribution in [0.15, 0.2) is 47.6 Å². The van der Waals surface area contributed by atoms with Gasteiger partial charge in [0.05, 0.1) is 16.0 Å². The first-order valence-electron chi connectivity index (χ1n) is 8.34. The molecule has 1 atom stereocenters. The first-order chi connectivity index (χ1) is 13.8. The van der Waals surface area contributed by atoms with E-state index in [4.69, 9.17) is 33.8 Å². The van der Waals surface area contributed by atoms with Gasteiger partial charge < -0.3 is 15.9 Å². The quantitative estimate of drug-likeness (QED) is 0.410. The first kappa shape index (κ1) is 21.2. The largest absolute Gasteiger partial charge is 0.486 e. The summed E-state index contributed by atoms with van der Waals surface area (Å²) in [6.45, 7) is 1.73. The van der Waals surface area contributed by atoms with Gasteiger partial charge in [0.1, 0.15) is 18.2 Å². The van der Waals surface area contributed by atoms with E-state index in [-0.39, 0.29) is 18.3 Å². The Morgan fingerprint density at radius 1 is 1.28 bits per heavy atom. The highest BCUT2D eigenvalue weighted by molar-refractivity contribution is 8.00. The number of carbonyl (C=O) groups is 1. The van der Waals surface area contributed by atoms with Gasteiger partial charge in [0.25, 0.3) is 0 Å². The maximum absolute atomic E-state index is 12.9. The maximum atomic E-state index is 12.9. The molecule has 2 aromatic carbocycles. The Bertz CT molecular complexity index is 1020. The van der Waals surface area contributed by atoms with Crippen molar-refractivity contribution in [2.45, 2.75) is 23.9 Å². The summed E-state index contributed by atoms with van der Waals surface area (Å²) in [5.74, 6) is 6.16. The molecule has 1 unspecified atom stereocenters. The van der Waals surface area contributed by atoms with Gasteiger partial charge in [-0.15, -0.1) is 10.2 Å². The van der Waals surface area contributed by atoms with Gasteiger partial charge in [-0.25, -0.2) is 9.07 Å². The number of nitrogens with zero attached hydrogens (tertiary/aromatic N) is 3. The van der Waals surface area contributed by atoms with Crippen molar-refractivity contribution in [2.24, 2.45) is 0 Å². The summed E-state index contributed by atoms with van der Waals surface area (Å²) in [5, 5.41) is 11.3. The molecule has 152 valence electrons. The van der Waals surface area contributed by atoms with Crippen LogP contribution in [0.2, 0.25) is 10.0 Å². The average Bonchev–Trinajstić information content (AvgIpc) is 3.04. The van der Waals surface area contributed by atoms with Crippen LogP contribution in [0.1, 0.15) is 12.7 Å². The lowest BCUT2D eigenvalue weighted by atomic mass is 10.3. The lowest BCUT2D eigenvalue weighted by Crippen LogP contribution is -2.24. The molecule has 0 fully saturated rings. The summed E-state index contributed by atoms with van der Waals surface area (Å²) in [6, 6.07) is 10.4. The number of amides is 1. The molecule has 3 N–H and O–H groups in total. The molecule has 1 amide bonds. The Balaban J connectivity index is 1.60. The minimum Gasteiger partial charge on any atom is -0.486 e. The van der Waals surface area contributed by atoms with Crippen molar-refractivity contribution in [3.05, 3.63) is 64.2 Å². The molecule has 0 saturated heterocycles. The van der Waals surface area contributed by atoms with E-state index < -0.39 is 5.25 Å². The number of aromatic nitrogens is 3. The fraction of sp³-hybridized carbons (Fsp3) is 0.167. The third-order valence-corrected chi connectivity index (χ3v) is 5.38. The SMILES string of the molecule is CC(Sc1nnc(COc2ccc(F)cc2)n1N)C(=O)Nc1cc(Cl)ccc1Cl. The molecule has 3 rings (SSSR count). The number of hydrogen-bond acceptors (Lipinski definition) is 6. The summed E-state index contributed by atoms with van der Waals surface area (Å²) >= 11 is 13.1. The molecular weight excluding hydrogens is 440 g/mol. The Morgan fingerprint density at radius 3 is 2.72 bits per heavy atom. The van der Waals surface area contributed by atoms with Crippen molar-refractivity contribution in [3.63, 3.8) is 0 Å². The van der Waals surface area contributed by atoms with Gasteiger partial charge in [-0.2, -0.15) is 0 Å². The zero-order valence-corrected chi connectivity index (χ0v) is 17.4. The predicted molar refractivity (Wildman–Crippen MR) is 111 cm³/mol. The summed E-state index contributed by atoms with van der Waals surface area (Å²) in [5.41, 5.74) is 0.416. The predicted octanol–water partition coefficient (Wildman–Crippen LogP) is 4.14. The molecule has 7 nitrogen and oxygen atoms in total. The number of carbonyl (C=O) groups excluding carboxylic acids is 1. The molecule has 0 aliphatic carbocycles. The Kier molecular flexibility index (Phi) is 6.83. The van der Waals surface area contributed by atoms with Crippen LogP contribution in [0.5, 0.6) is 5.75 Å². The van der Waals surface area contributed by atoms with Crippen LogP contribution in [-0.4, -0.2) is 26.0 Å². The van der Waals surface area contributed by atoms with Crippen LogP contribution < -0.4 is 15.9 Å². The van der Waals surface area contributed by atoms with Crippen LogP contribution in [0.4, 0.5) is 10.1 Å². The fourth-order valence-corrected chi connectivity index (χ4v) is 3.33. The van der Waals surface area contributed by atoms with Crippen molar-refractivity contribution in [3.8, 4) is 5.75 Å². The third-order valence-electron chi connectivity index (χ3n) is 3.75. The van der Waals surface area contributed by atoms with Crippen molar-refractivity contribution in [1.29, 1.82) is 0 Å². The fourth-order valence-electron chi connectivity index (χ4n) is 2.20. The number of nitrogens with two attached hydrogens (primary N) is 1. The van der Waals surface area contributed by atoms with Crippen molar-refractivity contribution >= 4 is 46.6 Å². The number of halogens is 3. The highest BCUT2D eigenvalue weighted by Gasteiger charge is 2.20. The van der Waals surface area contributed by atoms with Crippen LogP contribution in [0.25, 0.3) is 0 Å². The second kappa shape index (κ2) is 9.34. The lowest BCUT2D eigenvalue weighted by Gasteiger charge is -2.13. The molecule has 0 aliphatic rings. The second-order valence-corrected chi connectivity index (χ2v) is 8.04. The van der Waals surface area contributed by atoms with Crippen molar-refractivity contribution < 1.29 is 13.9 Å². The molecule has 0 radical (unpaired) electrons. The molecule has 0 spiro atoms. The number of benzene rings is 2. The van der Waals surface area contributed by atoms with Gasteiger partial charge in [-0.3, -0.25) is 4.79 Å². The molecular formula is C18H16Cl2FN5O2S. The van der Waals surface area contributed by atoms with Crippen molar-refractivity contribution in [1.82, 2.24) is 14.9 Å². The van der Waals surface area contributed by atoms with E-state index in [1.807, 2.05) is 0 Å². The molecule has 0 saturated carbocycles.